The molecule has 0 aliphatic heterocycles. The highest BCUT2D eigenvalue weighted by Crippen LogP contribution is 2.21. The maximum Gasteiger partial charge on any atom is 0.253 e. The Morgan fingerprint density at radius 2 is 1.75 bits per heavy atom. The van der Waals surface area contributed by atoms with Gasteiger partial charge in [0.25, 0.3) is 5.91 Å². The largest absolute Gasteiger partial charge is 0.398 e. The predicted octanol–water partition coefficient (Wildman–Crippen LogP) is 1.24. The number of amides is 2. The lowest BCUT2D eigenvalue weighted by Gasteiger charge is -2.12. The number of nitrogen functional groups attached to an aromatic ring is 1. The van der Waals surface area contributed by atoms with Crippen LogP contribution in [0.25, 0.3) is 10.8 Å². The SMILES string of the molecule is CN(C)C(=O)CNC(=O)c1cc2ccccc2cc1N. The number of nitrogens with two attached hydrogens (primary N) is 1. The fraction of sp³-hybridized carbons (Fsp3) is 0.200. The van der Waals surface area contributed by atoms with E-state index in [9.17, 15) is 9.59 Å². The van der Waals surface area contributed by atoms with Gasteiger partial charge in [0.05, 0.1) is 12.1 Å². The number of carbonyl (C=O) groups excluding carboxylic acids is 2. The first kappa shape index (κ1) is 13.9. The summed E-state index contributed by atoms with van der Waals surface area (Å²) in [5, 5.41) is 4.49. The Labute approximate surface area is 117 Å². The summed E-state index contributed by atoms with van der Waals surface area (Å²) in [7, 11) is 3.28. The van der Waals surface area contributed by atoms with Crippen molar-refractivity contribution in [1.29, 1.82) is 0 Å². The van der Waals surface area contributed by atoms with Crippen molar-refractivity contribution >= 4 is 28.3 Å². The van der Waals surface area contributed by atoms with Crippen molar-refractivity contribution in [3.05, 3.63) is 42.0 Å². The van der Waals surface area contributed by atoms with Crippen LogP contribution in [0.3, 0.4) is 0 Å². The average molecular weight is 271 g/mol. The number of likely N-dealkylation sites (N-methyl/N-ethyl adjacent to an activating group) is 1. The first-order valence-electron chi connectivity index (χ1n) is 6.25. The maximum atomic E-state index is 12.1. The van der Waals surface area contributed by atoms with Crippen molar-refractivity contribution in [2.24, 2.45) is 0 Å². The number of nitrogens with one attached hydrogen (secondary N) is 1. The predicted molar refractivity (Wildman–Crippen MR) is 79.4 cm³/mol. The van der Waals surface area contributed by atoms with Gasteiger partial charge in [-0.15, -0.1) is 0 Å². The number of nitrogens with zero attached hydrogens (tertiary/aromatic N) is 1. The van der Waals surface area contributed by atoms with E-state index in [1.807, 2.05) is 24.3 Å². The summed E-state index contributed by atoms with van der Waals surface area (Å²) in [6.45, 7) is -0.0436. The van der Waals surface area contributed by atoms with Crippen molar-refractivity contribution in [2.75, 3.05) is 26.4 Å². The van der Waals surface area contributed by atoms with Gasteiger partial charge in [-0.3, -0.25) is 9.59 Å². The van der Waals surface area contributed by atoms with Crippen LogP contribution < -0.4 is 11.1 Å². The molecular formula is C15H17N3O2. The fourth-order valence-corrected chi connectivity index (χ4v) is 1.86. The van der Waals surface area contributed by atoms with E-state index < -0.39 is 0 Å². The molecule has 2 rings (SSSR count). The number of anilines is 1. The normalized spacial score (nSPS) is 10.3. The molecule has 2 amide bonds. The van der Waals surface area contributed by atoms with E-state index in [0.29, 0.717) is 11.3 Å². The van der Waals surface area contributed by atoms with Crippen LogP contribution in [0.2, 0.25) is 0 Å². The summed E-state index contributed by atoms with van der Waals surface area (Å²) < 4.78 is 0. The molecule has 20 heavy (non-hydrogen) atoms. The highest BCUT2D eigenvalue weighted by atomic mass is 16.2. The second-order valence-electron chi connectivity index (χ2n) is 4.76. The van der Waals surface area contributed by atoms with E-state index in [0.717, 1.165) is 10.8 Å². The standard InChI is InChI=1S/C15H17N3O2/c1-18(2)14(19)9-17-15(20)12-7-10-5-3-4-6-11(10)8-13(12)16/h3-8H,9,16H2,1-2H3,(H,17,20). The van der Waals surface area contributed by atoms with E-state index in [4.69, 9.17) is 5.73 Å². The Morgan fingerprint density at radius 1 is 1.15 bits per heavy atom. The van der Waals surface area contributed by atoms with Crippen LogP contribution in [0, 0.1) is 0 Å². The van der Waals surface area contributed by atoms with Crippen LogP contribution in [0.15, 0.2) is 36.4 Å². The maximum absolute atomic E-state index is 12.1. The van der Waals surface area contributed by atoms with Crippen LogP contribution >= 0.6 is 0 Å². The highest BCUT2D eigenvalue weighted by molar-refractivity contribution is 6.04. The van der Waals surface area contributed by atoms with Gasteiger partial charge in [0.1, 0.15) is 0 Å². The van der Waals surface area contributed by atoms with Crippen molar-refractivity contribution in [2.45, 2.75) is 0 Å². The molecule has 0 saturated heterocycles. The molecule has 0 unspecified atom stereocenters. The van der Waals surface area contributed by atoms with E-state index in [2.05, 4.69) is 5.32 Å². The lowest BCUT2D eigenvalue weighted by atomic mass is 10.0. The summed E-state index contributed by atoms with van der Waals surface area (Å²) >= 11 is 0. The monoisotopic (exact) mass is 271 g/mol. The van der Waals surface area contributed by atoms with E-state index >= 15 is 0 Å². The number of hydrogen-bond donors (Lipinski definition) is 2. The minimum Gasteiger partial charge on any atom is -0.398 e. The first-order valence-corrected chi connectivity index (χ1v) is 6.25. The van der Waals surface area contributed by atoms with E-state index in [1.54, 1.807) is 26.2 Å². The number of rotatable bonds is 3. The molecule has 0 spiro atoms. The molecule has 0 aliphatic carbocycles. The Kier molecular flexibility index (Phi) is 3.89. The second-order valence-corrected chi connectivity index (χ2v) is 4.76. The summed E-state index contributed by atoms with van der Waals surface area (Å²) in [5.41, 5.74) is 6.68. The molecule has 0 aliphatic rings. The minimum atomic E-state index is -0.344. The number of fused-ring (bicyclic) bond motifs is 1. The zero-order valence-corrected chi connectivity index (χ0v) is 11.5. The van der Waals surface area contributed by atoms with Gasteiger partial charge in [-0.05, 0) is 22.9 Å². The Hall–Kier alpha value is -2.56. The topological polar surface area (TPSA) is 75.4 Å². The van der Waals surface area contributed by atoms with Crippen LogP contribution in [-0.4, -0.2) is 37.4 Å². The average Bonchev–Trinajstić information content (AvgIpc) is 2.43. The smallest absolute Gasteiger partial charge is 0.253 e. The zero-order valence-electron chi connectivity index (χ0n) is 11.5. The third-order valence-electron chi connectivity index (χ3n) is 3.06. The van der Waals surface area contributed by atoms with Gasteiger partial charge in [-0.25, -0.2) is 0 Å². The number of carbonyl (C=O) groups is 2. The lowest BCUT2D eigenvalue weighted by molar-refractivity contribution is -0.127. The molecule has 2 aromatic rings. The van der Waals surface area contributed by atoms with E-state index in [-0.39, 0.29) is 18.4 Å². The molecule has 3 N–H and O–H groups in total. The Balaban J connectivity index is 2.21. The Bertz CT molecular complexity index is 665. The second kappa shape index (κ2) is 5.61. The first-order chi connectivity index (χ1) is 9.49. The van der Waals surface area contributed by atoms with Gasteiger partial charge in [0.2, 0.25) is 5.91 Å². The van der Waals surface area contributed by atoms with Crippen molar-refractivity contribution in [3.8, 4) is 0 Å². The summed E-state index contributed by atoms with van der Waals surface area (Å²) in [4.78, 5) is 25.0. The van der Waals surface area contributed by atoms with Gasteiger partial charge < -0.3 is 16.0 Å². The summed E-state index contributed by atoms with van der Waals surface area (Å²) in [6.07, 6.45) is 0. The van der Waals surface area contributed by atoms with Crippen molar-refractivity contribution in [3.63, 3.8) is 0 Å². The molecule has 0 atom stereocenters. The molecule has 0 saturated carbocycles. The molecule has 0 heterocycles. The quantitative estimate of drug-likeness (QED) is 0.825. The molecule has 5 nitrogen and oxygen atoms in total. The van der Waals surface area contributed by atoms with Crippen LogP contribution in [0.4, 0.5) is 5.69 Å². The van der Waals surface area contributed by atoms with E-state index in [1.165, 1.54) is 4.90 Å². The van der Waals surface area contributed by atoms with Crippen LogP contribution in [-0.2, 0) is 4.79 Å². The summed E-state index contributed by atoms with van der Waals surface area (Å²) in [5.74, 6) is -0.513. The Morgan fingerprint density at radius 3 is 2.35 bits per heavy atom. The lowest BCUT2D eigenvalue weighted by Crippen LogP contribution is -2.36. The molecule has 0 bridgehead atoms. The molecule has 0 radical (unpaired) electrons. The molecule has 0 aromatic heterocycles. The van der Waals surface area contributed by atoms with Crippen LogP contribution in [0.1, 0.15) is 10.4 Å². The van der Waals surface area contributed by atoms with Gasteiger partial charge >= 0.3 is 0 Å². The number of benzene rings is 2. The zero-order chi connectivity index (χ0) is 14.7. The third-order valence-corrected chi connectivity index (χ3v) is 3.06. The summed E-state index contributed by atoms with van der Waals surface area (Å²) in [6, 6.07) is 11.2. The van der Waals surface area contributed by atoms with Crippen molar-refractivity contribution in [1.82, 2.24) is 10.2 Å². The van der Waals surface area contributed by atoms with Crippen LogP contribution in [0.5, 0.6) is 0 Å². The molecular weight excluding hydrogens is 254 g/mol. The molecule has 5 heteroatoms. The fourth-order valence-electron chi connectivity index (χ4n) is 1.86. The molecule has 2 aromatic carbocycles. The number of hydrogen-bond acceptors (Lipinski definition) is 3. The molecule has 0 fully saturated rings. The van der Waals surface area contributed by atoms with Gasteiger partial charge in [-0.2, -0.15) is 0 Å². The van der Waals surface area contributed by atoms with Gasteiger partial charge in [0, 0.05) is 19.8 Å². The highest BCUT2D eigenvalue weighted by Gasteiger charge is 2.12. The van der Waals surface area contributed by atoms with Gasteiger partial charge in [0.15, 0.2) is 0 Å². The minimum absolute atomic E-state index is 0.0436. The third kappa shape index (κ3) is 2.88. The van der Waals surface area contributed by atoms with Gasteiger partial charge in [-0.1, -0.05) is 24.3 Å². The molecule has 104 valence electrons. The van der Waals surface area contributed by atoms with Crippen molar-refractivity contribution < 1.29 is 9.59 Å².